The van der Waals surface area contributed by atoms with E-state index < -0.39 is 0 Å². The van der Waals surface area contributed by atoms with E-state index in [0.717, 1.165) is 37.1 Å². The van der Waals surface area contributed by atoms with Crippen molar-refractivity contribution >= 4 is 11.6 Å². The summed E-state index contributed by atoms with van der Waals surface area (Å²) >= 11 is 0. The van der Waals surface area contributed by atoms with E-state index in [0.29, 0.717) is 6.04 Å². The monoisotopic (exact) mass is 263 g/mol. The normalized spacial score (nSPS) is 15.1. The van der Waals surface area contributed by atoms with E-state index in [1.165, 1.54) is 19.3 Å². The number of rotatable bonds is 7. The highest BCUT2D eigenvalue weighted by molar-refractivity contribution is 5.49. The molecule has 2 N–H and O–H groups in total. The summed E-state index contributed by atoms with van der Waals surface area (Å²) in [5.74, 6) is 2.78. The summed E-state index contributed by atoms with van der Waals surface area (Å²) in [6.07, 6.45) is 3.73. The Labute approximate surface area is 115 Å². The second-order valence-corrected chi connectivity index (χ2v) is 5.29. The third-order valence-corrected chi connectivity index (χ3v) is 3.45. The van der Waals surface area contributed by atoms with Gasteiger partial charge in [0.2, 0.25) is 0 Å². The van der Waals surface area contributed by atoms with E-state index in [4.69, 9.17) is 0 Å². The highest BCUT2D eigenvalue weighted by atomic mass is 15.2. The second-order valence-electron chi connectivity index (χ2n) is 5.29. The third-order valence-electron chi connectivity index (χ3n) is 3.45. The molecule has 0 aliphatic carbocycles. The van der Waals surface area contributed by atoms with Crippen LogP contribution in [0.15, 0.2) is 6.07 Å². The number of unbranched alkanes of at least 4 members (excludes halogenated alkanes) is 2. The summed E-state index contributed by atoms with van der Waals surface area (Å²) in [5.41, 5.74) is 0. The maximum atomic E-state index is 4.52. The minimum absolute atomic E-state index is 0.507. The smallest absolute Gasteiger partial charge is 0.134 e. The number of aryl methyl sites for hydroxylation is 1. The molecule has 1 fully saturated rings. The Bertz CT molecular complexity index is 403. The first kappa shape index (κ1) is 14.1. The molecule has 0 atom stereocenters. The molecular formula is C14H25N5. The Hall–Kier alpha value is -1.36. The van der Waals surface area contributed by atoms with Crippen LogP contribution in [0.2, 0.25) is 0 Å². The highest BCUT2D eigenvalue weighted by Crippen LogP contribution is 2.16. The molecule has 2 rings (SSSR count). The molecule has 19 heavy (non-hydrogen) atoms. The van der Waals surface area contributed by atoms with Gasteiger partial charge in [-0.3, -0.25) is 0 Å². The molecule has 1 aliphatic heterocycles. The lowest BCUT2D eigenvalue weighted by Crippen LogP contribution is -2.51. The molecule has 1 aromatic rings. The van der Waals surface area contributed by atoms with Gasteiger partial charge in [-0.2, -0.15) is 0 Å². The Morgan fingerprint density at radius 1 is 1.37 bits per heavy atom. The molecule has 5 nitrogen and oxygen atoms in total. The quantitative estimate of drug-likeness (QED) is 0.735. The average Bonchev–Trinajstić information content (AvgIpc) is 2.33. The number of hydrogen-bond acceptors (Lipinski definition) is 5. The first-order chi connectivity index (χ1) is 9.19. The Balaban J connectivity index is 1.98. The molecule has 0 spiro atoms. The van der Waals surface area contributed by atoms with Crippen molar-refractivity contribution in [2.75, 3.05) is 36.9 Å². The Morgan fingerprint density at radius 3 is 2.79 bits per heavy atom. The van der Waals surface area contributed by atoms with Crippen molar-refractivity contribution in [3.63, 3.8) is 0 Å². The average molecular weight is 263 g/mol. The minimum Gasteiger partial charge on any atom is -0.365 e. The van der Waals surface area contributed by atoms with Crippen LogP contribution >= 0.6 is 0 Å². The van der Waals surface area contributed by atoms with Gasteiger partial charge in [-0.05, 0) is 13.3 Å². The van der Waals surface area contributed by atoms with Crippen LogP contribution in [0.3, 0.4) is 0 Å². The van der Waals surface area contributed by atoms with Crippen molar-refractivity contribution in [2.45, 2.75) is 39.2 Å². The van der Waals surface area contributed by atoms with Gasteiger partial charge < -0.3 is 15.5 Å². The first-order valence-electron chi connectivity index (χ1n) is 7.23. The predicted octanol–water partition coefficient (Wildman–Crippen LogP) is 1.80. The van der Waals surface area contributed by atoms with Crippen LogP contribution < -0.4 is 15.5 Å². The Morgan fingerprint density at radius 2 is 2.16 bits per heavy atom. The van der Waals surface area contributed by atoms with E-state index >= 15 is 0 Å². The van der Waals surface area contributed by atoms with Crippen LogP contribution in [-0.2, 0) is 0 Å². The van der Waals surface area contributed by atoms with Crippen LogP contribution in [0.5, 0.6) is 0 Å². The molecule has 0 bridgehead atoms. The van der Waals surface area contributed by atoms with Crippen molar-refractivity contribution in [1.29, 1.82) is 0 Å². The highest BCUT2D eigenvalue weighted by Gasteiger charge is 2.17. The molecule has 106 valence electrons. The fourth-order valence-electron chi connectivity index (χ4n) is 2.13. The van der Waals surface area contributed by atoms with Gasteiger partial charge in [0.25, 0.3) is 0 Å². The molecule has 1 saturated heterocycles. The number of hydrogen-bond donors (Lipinski definition) is 2. The topological polar surface area (TPSA) is 53.1 Å². The zero-order valence-electron chi connectivity index (χ0n) is 12.2. The lowest BCUT2D eigenvalue weighted by atomic mass is 10.2. The van der Waals surface area contributed by atoms with Crippen LogP contribution in [0, 0.1) is 6.92 Å². The number of nitrogens with one attached hydrogen (secondary N) is 2. The molecular weight excluding hydrogens is 238 g/mol. The molecule has 0 saturated carbocycles. The predicted molar refractivity (Wildman–Crippen MR) is 79.8 cm³/mol. The van der Waals surface area contributed by atoms with E-state index in [1.54, 1.807) is 0 Å². The molecule has 0 amide bonds. The van der Waals surface area contributed by atoms with Crippen LogP contribution in [0.25, 0.3) is 0 Å². The molecule has 5 heteroatoms. The largest absolute Gasteiger partial charge is 0.365 e. The minimum atomic E-state index is 0.507. The van der Waals surface area contributed by atoms with Gasteiger partial charge in [-0.15, -0.1) is 0 Å². The van der Waals surface area contributed by atoms with Crippen LogP contribution in [0.4, 0.5) is 11.6 Å². The molecule has 0 unspecified atom stereocenters. The number of nitrogens with zero attached hydrogens (tertiary/aromatic N) is 3. The van der Waals surface area contributed by atoms with Crippen molar-refractivity contribution in [3.05, 3.63) is 11.9 Å². The van der Waals surface area contributed by atoms with E-state index in [2.05, 4.69) is 45.5 Å². The van der Waals surface area contributed by atoms with Gasteiger partial charge in [-0.1, -0.05) is 19.8 Å². The third kappa shape index (κ3) is 4.06. The van der Waals surface area contributed by atoms with Crippen molar-refractivity contribution in [2.24, 2.45) is 0 Å². The summed E-state index contributed by atoms with van der Waals surface area (Å²) in [4.78, 5) is 11.2. The van der Waals surface area contributed by atoms with Crippen LogP contribution in [0.1, 0.15) is 32.0 Å². The summed E-state index contributed by atoms with van der Waals surface area (Å²) in [7, 11) is 2.10. The van der Waals surface area contributed by atoms with E-state index in [-0.39, 0.29) is 0 Å². The first-order valence-corrected chi connectivity index (χ1v) is 7.23. The van der Waals surface area contributed by atoms with Gasteiger partial charge in [0, 0.05) is 32.7 Å². The zero-order valence-corrected chi connectivity index (χ0v) is 12.2. The Kier molecular flexibility index (Phi) is 4.96. The molecule has 1 aliphatic rings. The van der Waals surface area contributed by atoms with E-state index in [9.17, 15) is 0 Å². The van der Waals surface area contributed by atoms with Gasteiger partial charge >= 0.3 is 0 Å². The molecule has 1 aromatic heterocycles. The van der Waals surface area contributed by atoms with Gasteiger partial charge in [0.15, 0.2) is 0 Å². The standard InChI is InChI=1S/C14H25N5/c1-4-5-6-7-19(3)14-8-13(16-11(2)17-14)18-12-9-15-10-12/h8,12,15H,4-7,9-10H2,1-3H3,(H,16,17,18). The zero-order chi connectivity index (χ0) is 13.7. The van der Waals surface area contributed by atoms with Crippen molar-refractivity contribution in [1.82, 2.24) is 15.3 Å². The number of aromatic nitrogens is 2. The van der Waals surface area contributed by atoms with Gasteiger partial charge in [-0.25, -0.2) is 9.97 Å². The molecule has 0 aromatic carbocycles. The summed E-state index contributed by atoms with van der Waals surface area (Å²) in [6, 6.07) is 2.56. The number of anilines is 2. The SMILES string of the molecule is CCCCCN(C)c1cc(NC2CNC2)nc(C)n1. The lowest BCUT2D eigenvalue weighted by Gasteiger charge is -2.29. The van der Waals surface area contributed by atoms with Crippen molar-refractivity contribution < 1.29 is 0 Å². The van der Waals surface area contributed by atoms with E-state index in [1.807, 2.05) is 6.92 Å². The molecule has 0 radical (unpaired) electrons. The summed E-state index contributed by atoms with van der Waals surface area (Å²) in [6.45, 7) is 7.27. The van der Waals surface area contributed by atoms with Gasteiger partial charge in [0.1, 0.15) is 17.5 Å². The molecule has 2 heterocycles. The fourth-order valence-corrected chi connectivity index (χ4v) is 2.13. The second kappa shape index (κ2) is 6.70. The van der Waals surface area contributed by atoms with Gasteiger partial charge in [0.05, 0.1) is 6.04 Å². The summed E-state index contributed by atoms with van der Waals surface area (Å²) < 4.78 is 0. The maximum Gasteiger partial charge on any atom is 0.134 e. The lowest BCUT2D eigenvalue weighted by molar-refractivity contribution is 0.471. The van der Waals surface area contributed by atoms with Crippen molar-refractivity contribution in [3.8, 4) is 0 Å². The maximum absolute atomic E-state index is 4.52. The van der Waals surface area contributed by atoms with Crippen LogP contribution in [-0.4, -0.2) is 42.7 Å². The fraction of sp³-hybridized carbons (Fsp3) is 0.714. The summed E-state index contributed by atoms with van der Waals surface area (Å²) in [5, 5.41) is 6.69.